The van der Waals surface area contributed by atoms with Crippen LogP contribution in [-0.2, 0) is 19.1 Å². The predicted molar refractivity (Wildman–Crippen MR) is 148 cm³/mol. The highest BCUT2D eigenvalue weighted by Crippen LogP contribution is 2.49. The standard InChI is InChI=1S/C34H26O4/c1-19(2)33(35)37-31-27-11-7-5-9-23(27)25-15-13-21(17-29(25)31)22-14-16-26-24-10-6-8-12-28(24)32(30(26)18-22)38-34(36)20(3)4/h5-18,31-32H,1,3H2,2,4H3. The molecule has 0 fully saturated rings. The number of carbonyl (C=O) groups excluding carboxylic acids is 2. The van der Waals surface area contributed by atoms with Gasteiger partial charge in [-0.15, -0.1) is 0 Å². The zero-order valence-corrected chi connectivity index (χ0v) is 21.3. The first-order chi connectivity index (χ1) is 18.3. The Balaban J connectivity index is 1.43. The van der Waals surface area contributed by atoms with E-state index in [1.807, 2.05) is 36.4 Å². The van der Waals surface area contributed by atoms with Crippen LogP contribution in [0.5, 0.6) is 0 Å². The Bertz CT molecular complexity index is 1550. The first-order valence-corrected chi connectivity index (χ1v) is 12.5. The first-order valence-electron chi connectivity index (χ1n) is 12.5. The molecule has 0 aliphatic heterocycles. The number of carbonyl (C=O) groups is 2. The highest BCUT2D eigenvalue weighted by atomic mass is 16.5. The van der Waals surface area contributed by atoms with Gasteiger partial charge in [0.15, 0.2) is 12.2 Å². The SMILES string of the molecule is C=C(C)C(=O)OC1c2ccccc2-c2ccc(-c3ccc4c(c3)C(OC(=O)C(=C)C)c3ccccc3-4)cc21. The summed E-state index contributed by atoms with van der Waals surface area (Å²) >= 11 is 0. The molecule has 0 spiro atoms. The van der Waals surface area contributed by atoms with E-state index in [1.54, 1.807) is 13.8 Å². The summed E-state index contributed by atoms with van der Waals surface area (Å²) in [5.41, 5.74) is 10.7. The summed E-state index contributed by atoms with van der Waals surface area (Å²) in [6.07, 6.45) is -1.01. The van der Waals surface area contributed by atoms with E-state index in [0.29, 0.717) is 11.1 Å². The summed E-state index contributed by atoms with van der Waals surface area (Å²) in [7, 11) is 0. The fraction of sp³-hybridized carbons (Fsp3) is 0.118. The number of fused-ring (bicyclic) bond motifs is 6. The average molecular weight is 499 g/mol. The molecule has 4 nitrogen and oxygen atoms in total. The van der Waals surface area contributed by atoms with Crippen LogP contribution in [0.2, 0.25) is 0 Å². The highest BCUT2D eigenvalue weighted by Gasteiger charge is 2.34. The summed E-state index contributed by atoms with van der Waals surface area (Å²) in [6.45, 7) is 10.8. The van der Waals surface area contributed by atoms with E-state index in [-0.39, 0.29) is 0 Å². The quantitative estimate of drug-likeness (QED) is 0.209. The van der Waals surface area contributed by atoms with Gasteiger partial charge >= 0.3 is 11.9 Å². The molecule has 6 rings (SSSR count). The number of hydrogen-bond donors (Lipinski definition) is 0. The topological polar surface area (TPSA) is 52.6 Å². The van der Waals surface area contributed by atoms with Crippen LogP contribution in [0.3, 0.4) is 0 Å². The monoisotopic (exact) mass is 498 g/mol. The fourth-order valence-corrected chi connectivity index (χ4v) is 5.36. The lowest BCUT2D eigenvalue weighted by atomic mass is 9.95. The molecule has 0 saturated carbocycles. The third kappa shape index (κ3) is 3.77. The Hall–Kier alpha value is -4.70. The Morgan fingerprint density at radius 1 is 0.553 bits per heavy atom. The Labute approximate surface area is 221 Å². The van der Waals surface area contributed by atoms with Crippen LogP contribution in [0.25, 0.3) is 33.4 Å². The second-order valence-electron chi connectivity index (χ2n) is 9.91. The summed E-state index contributed by atoms with van der Waals surface area (Å²) in [5, 5.41) is 0. The number of esters is 2. The first kappa shape index (κ1) is 23.7. The Morgan fingerprint density at radius 3 is 1.32 bits per heavy atom. The molecule has 4 aromatic rings. The van der Waals surface area contributed by atoms with E-state index in [0.717, 1.165) is 55.6 Å². The molecule has 2 aliphatic rings. The minimum absolute atomic E-state index is 0.362. The van der Waals surface area contributed by atoms with Gasteiger partial charge in [0.25, 0.3) is 0 Å². The predicted octanol–water partition coefficient (Wildman–Crippen LogP) is 7.73. The van der Waals surface area contributed by atoms with E-state index < -0.39 is 24.1 Å². The van der Waals surface area contributed by atoms with Gasteiger partial charge in [-0.3, -0.25) is 0 Å². The van der Waals surface area contributed by atoms with Gasteiger partial charge in [-0.05, 0) is 59.4 Å². The molecule has 0 N–H and O–H groups in total. The van der Waals surface area contributed by atoms with Gasteiger partial charge in [0.2, 0.25) is 0 Å². The van der Waals surface area contributed by atoms with Gasteiger partial charge in [-0.2, -0.15) is 0 Å². The van der Waals surface area contributed by atoms with Crippen molar-refractivity contribution in [1.29, 1.82) is 0 Å². The molecule has 4 aromatic carbocycles. The largest absolute Gasteiger partial charge is 0.449 e. The lowest BCUT2D eigenvalue weighted by molar-refractivity contribution is -0.143. The lowest BCUT2D eigenvalue weighted by Crippen LogP contribution is -2.11. The molecule has 0 radical (unpaired) electrons. The summed E-state index contributed by atoms with van der Waals surface area (Å²) in [4.78, 5) is 25.0. The molecule has 0 amide bonds. The van der Waals surface area contributed by atoms with Crippen LogP contribution in [0.15, 0.2) is 109 Å². The molecule has 0 aromatic heterocycles. The fourth-order valence-electron chi connectivity index (χ4n) is 5.36. The van der Waals surface area contributed by atoms with Crippen molar-refractivity contribution in [2.45, 2.75) is 26.1 Å². The molecule has 2 atom stereocenters. The van der Waals surface area contributed by atoms with E-state index in [1.165, 1.54) is 0 Å². The van der Waals surface area contributed by atoms with Crippen molar-refractivity contribution in [3.05, 3.63) is 131 Å². The van der Waals surface area contributed by atoms with Crippen molar-refractivity contribution in [3.8, 4) is 33.4 Å². The number of ether oxygens (including phenoxy) is 2. The Morgan fingerprint density at radius 2 is 0.921 bits per heavy atom. The minimum Gasteiger partial charge on any atom is -0.449 e. The van der Waals surface area contributed by atoms with E-state index in [4.69, 9.17) is 9.47 Å². The number of rotatable bonds is 5. The summed E-state index contributed by atoms with van der Waals surface area (Å²) in [6, 6.07) is 28.5. The Kier molecular flexibility index (Phi) is 5.61. The van der Waals surface area contributed by atoms with Gasteiger partial charge in [-0.1, -0.05) is 86.0 Å². The second-order valence-corrected chi connectivity index (χ2v) is 9.91. The maximum absolute atomic E-state index is 12.5. The van der Waals surface area contributed by atoms with Gasteiger partial charge in [0, 0.05) is 33.4 Å². The normalized spacial score (nSPS) is 16.1. The van der Waals surface area contributed by atoms with Gasteiger partial charge < -0.3 is 9.47 Å². The molecule has 4 heteroatoms. The highest BCUT2D eigenvalue weighted by molar-refractivity contribution is 5.90. The van der Waals surface area contributed by atoms with E-state index in [9.17, 15) is 9.59 Å². The number of hydrogen-bond acceptors (Lipinski definition) is 4. The van der Waals surface area contributed by atoms with Crippen molar-refractivity contribution in [2.24, 2.45) is 0 Å². The molecule has 2 unspecified atom stereocenters. The molecule has 38 heavy (non-hydrogen) atoms. The lowest BCUT2D eigenvalue weighted by Gasteiger charge is -2.17. The van der Waals surface area contributed by atoms with Crippen molar-refractivity contribution >= 4 is 11.9 Å². The smallest absolute Gasteiger partial charge is 0.334 e. The van der Waals surface area contributed by atoms with Crippen LogP contribution < -0.4 is 0 Å². The second kappa shape index (κ2) is 9.00. The van der Waals surface area contributed by atoms with Gasteiger partial charge in [0.05, 0.1) is 0 Å². The van der Waals surface area contributed by atoms with Crippen LogP contribution in [-0.4, -0.2) is 11.9 Å². The van der Waals surface area contributed by atoms with Crippen molar-refractivity contribution < 1.29 is 19.1 Å². The van der Waals surface area contributed by atoms with E-state index >= 15 is 0 Å². The van der Waals surface area contributed by atoms with Crippen molar-refractivity contribution in [3.63, 3.8) is 0 Å². The molecule has 186 valence electrons. The van der Waals surface area contributed by atoms with Crippen LogP contribution in [0.1, 0.15) is 48.3 Å². The third-order valence-electron chi connectivity index (χ3n) is 7.21. The minimum atomic E-state index is -0.506. The van der Waals surface area contributed by atoms with Gasteiger partial charge in [-0.25, -0.2) is 9.59 Å². The van der Waals surface area contributed by atoms with Crippen molar-refractivity contribution in [2.75, 3.05) is 0 Å². The zero-order chi connectivity index (χ0) is 26.6. The molecular formula is C34H26O4. The molecular weight excluding hydrogens is 472 g/mol. The van der Waals surface area contributed by atoms with E-state index in [2.05, 4.69) is 61.7 Å². The number of benzene rings is 4. The van der Waals surface area contributed by atoms with Gasteiger partial charge in [0.1, 0.15) is 0 Å². The molecule has 0 heterocycles. The zero-order valence-electron chi connectivity index (χ0n) is 21.3. The van der Waals surface area contributed by atoms with Crippen LogP contribution in [0.4, 0.5) is 0 Å². The van der Waals surface area contributed by atoms with Crippen molar-refractivity contribution in [1.82, 2.24) is 0 Å². The van der Waals surface area contributed by atoms with Crippen LogP contribution in [0, 0.1) is 0 Å². The molecule has 0 bridgehead atoms. The maximum Gasteiger partial charge on any atom is 0.334 e. The summed E-state index contributed by atoms with van der Waals surface area (Å²) < 4.78 is 11.8. The maximum atomic E-state index is 12.5. The average Bonchev–Trinajstić information content (AvgIpc) is 3.40. The third-order valence-corrected chi connectivity index (χ3v) is 7.21. The molecule has 0 saturated heterocycles. The van der Waals surface area contributed by atoms with Crippen LogP contribution >= 0.6 is 0 Å². The molecule has 2 aliphatic carbocycles. The summed E-state index contributed by atoms with van der Waals surface area (Å²) in [5.74, 6) is -0.832.